The van der Waals surface area contributed by atoms with Gasteiger partial charge in [0.2, 0.25) is 5.91 Å². The maximum atomic E-state index is 11.3. The van der Waals surface area contributed by atoms with E-state index in [4.69, 9.17) is 4.74 Å². The van der Waals surface area contributed by atoms with Crippen molar-refractivity contribution in [3.05, 3.63) is 11.6 Å². The summed E-state index contributed by atoms with van der Waals surface area (Å²) in [5.74, 6) is -0.00270. The van der Waals surface area contributed by atoms with Gasteiger partial charge in [0.15, 0.2) is 0 Å². The highest BCUT2D eigenvalue weighted by molar-refractivity contribution is 5.92. The molecule has 0 aromatic carbocycles. The number of carbonyl (C=O) groups is 1. The summed E-state index contributed by atoms with van der Waals surface area (Å²) in [6, 6.07) is 0. The highest BCUT2D eigenvalue weighted by atomic mass is 16.5. The van der Waals surface area contributed by atoms with Gasteiger partial charge >= 0.3 is 0 Å². The van der Waals surface area contributed by atoms with Crippen molar-refractivity contribution in [1.82, 2.24) is 5.32 Å². The fourth-order valence-electron chi connectivity index (χ4n) is 1.29. The molecule has 0 aromatic rings. The molecule has 0 saturated heterocycles. The summed E-state index contributed by atoms with van der Waals surface area (Å²) < 4.78 is 5.42. The molecule has 0 aliphatic carbocycles. The van der Waals surface area contributed by atoms with Gasteiger partial charge in [-0.3, -0.25) is 4.79 Å². The van der Waals surface area contributed by atoms with Gasteiger partial charge in [-0.25, -0.2) is 0 Å². The molecule has 0 saturated carbocycles. The van der Waals surface area contributed by atoms with E-state index in [0.717, 1.165) is 18.6 Å². The van der Waals surface area contributed by atoms with Gasteiger partial charge in [0.1, 0.15) is 0 Å². The molecule has 3 heteroatoms. The SMILES string of the molecule is CCCCCCOCC=C(C)C(=O)NCC. The summed E-state index contributed by atoms with van der Waals surface area (Å²) in [6.07, 6.45) is 6.70. The Balaban J connectivity index is 3.47. The quantitative estimate of drug-likeness (QED) is 0.486. The molecular formula is C13H25NO2. The van der Waals surface area contributed by atoms with Gasteiger partial charge in [-0.2, -0.15) is 0 Å². The van der Waals surface area contributed by atoms with E-state index in [1.807, 2.05) is 19.9 Å². The number of carbonyl (C=O) groups excluding carboxylic acids is 1. The van der Waals surface area contributed by atoms with Gasteiger partial charge in [-0.1, -0.05) is 32.3 Å². The molecule has 0 aliphatic heterocycles. The van der Waals surface area contributed by atoms with Gasteiger partial charge in [-0.05, 0) is 20.3 Å². The Morgan fingerprint density at radius 2 is 2.00 bits per heavy atom. The number of hydrogen-bond donors (Lipinski definition) is 1. The van der Waals surface area contributed by atoms with Crippen LogP contribution in [0.3, 0.4) is 0 Å². The Labute approximate surface area is 99.3 Å². The predicted molar refractivity (Wildman–Crippen MR) is 67.4 cm³/mol. The molecule has 0 aromatic heterocycles. The average Bonchev–Trinajstić information content (AvgIpc) is 2.28. The second-order valence-corrected chi connectivity index (χ2v) is 3.88. The number of nitrogens with one attached hydrogen (secondary N) is 1. The van der Waals surface area contributed by atoms with Crippen LogP contribution >= 0.6 is 0 Å². The number of amides is 1. The van der Waals surface area contributed by atoms with Crippen molar-refractivity contribution < 1.29 is 9.53 Å². The Bertz CT molecular complexity index is 212. The summed E-state index contributed by atoms with van der Waals surface area (Å²) in [7, 11) is 0. The number of hydrogen-bond acceptors (Lipinski definition) is 2. The molecule has 0 aliphatic rings. The van der Waals surface area contributed by atoms with E-state index in [9.17, 15) is 4.79 Å². The predicted octanol–water partition coefficient (Wildman–Crippen LogP) is 2.67. The van der Waals surface area contributed by atoms with Crippen LogP contribution in [0.5, 0.6) is 0 Å². The molecule has 0 bridgehead atoms. The van der Waals surface area contributed by atoms with Crippen LogP contribution in [0.25, 0.3) is 0 Å². The Kier molecular flexibility index (Phi) is 10.1. The van der Waals surface area contributed by atoms with Gasteiger partial charge < -0.3 is 10.1 Å². The van der Waals surface area contributed by atoms with Crippen molar-refractivity contribution in [1.29, 1.82) is 0 Å². The molecule has 0 unspecified atom stereocenters. The average molecular weight is 227 g/mol. The van der Waals surface area contributed by atoms with E-state index in [0.29, 0.717) is 13.2 Å². The summed E-state index contributed by atoms with van der Waals surface area (Å²) in [5, 5.41) is 2.75. The van der Waals surface area contributed by atoms with Crippen LogP contribution in [0.4, 0.5) is 0 Å². The molecule has 0 rings (SSSR count). The zero-order valence-electron chi connectivity index (χ0n) is 10.8. The van der Waals surface area contributed by atoms with E-state index in [2.05, 4.69) is 12.2 Å². The van der Waals surface area contributed by atoms with Crippen molar-refractivity contribution in [2.24, 2.45) is 0 Å². The first-order valence-corrected chi connectivity index (χ1v) is 6.25. The van der Waals surface area contributed by atoms with Crippen LogP contribution in [0.1, 0.15) is 46.5 Å². The first-order chi connectivity index (χ1) is 7.72. The first-order valence-electron chi connectivity index (χ1n) is 6.25. The normalized spacial score (nSPS) is 11.6. The molecular weight excluding hydrogens is 202 g/mol. The van der Waals surface area contributed by atoms with E-state index in [-0.39, 0.29) is 5.91 Å². The van der Waals surface area contributed by atoms with Gasteiger partial charge in [0, 0.05) is 18.7 Å². The Morgan fingerprint density at radius 3 is 2.62 bits per heavy atom. The van der Waals surface area contributed by atoms with Gasteiger partial charge in [0.05, 0.1) is 6.61 Å². The van der Waals surface area contributed by atoms with Crippen molar-refractivity contribution in [3.8, 4) is 0 Å². The lowest BCUT2D eigenvalue weighted by Crippen LogP contribution is -2.23. The molecule has 0 spiro atoms. The zero-order valence-corrected chi connectivity index (χ0v) is 10.8. The lowest BCUT2D eigenvalue weighted by atomic mass is 10.2. The topological polar surface area (TPSA) is 38.3 Å². The van der Waals surface area contributed by atoms with E-state index in [1.54, 1.807) is 0 Å². The smallest absolute Gasteiger partial charge is 0.246 e. The third kappa shape index (κ3) is 8.48. The molecule has 0 fully saturated rings. The molecule has 1 amide bonds. The second kappa shape index (κ2) is 10.7. The number of likely N-dealkylation sites (N-methyl/N-ethyl adjacent to an activating group) is 1. The monoisotopic (exact) mass is 227 g/mol. The van der Waals surface area contributed by atoms with Crippen molar-refractivity contribution >= 4 is 5.91 Å². The third-order valence-electron chi connectivity index (χ3n) is 2.35. The Morgan fingerprint density at radius 1 is 1.25 bits per heavy atom. The second-order valence-electron chi connectivity index (χ2n) is 3.88. The molecule has 0 radical (unpaired) electrons. The van der Waals surface area contributed by atoms with Crippen LogP contribution in [0.15, 0.2) is 11.6 Å². The van der Waals surface area contributed by atoms with Gasteiger partial charge in [0.25, 0.3) is 0 Å². The fourth-order valence-corrected chi connectivity index (χ4v) is 1.29. The van der Waals surface area contributed by atoms with Crippen molar-refractivity contribution in [3.63, 3.8) is 0 Å². The highest BCUT2D eigenvalue weighted by Gasteiger charge is 2.00. The first kappa shape index (κ1) is 15.2. The molecule has 0 atom stereocenters. The fraction of sp³-hybridized carbons (Fsp3) is 0.769. The van der Waals surface area contributed by atoms with Crippen LogP contribution in [-0.2, 0) is 9.53 Å². The van der Waals surface area contributed by atoms with Crippen LogP contribution in [-0.4, -0.2) is 25.7 Å². The van der Waals surface area contributed by atoms with E-state index < -0.39 is 0 Å². The lowest BCUT2D eigenvalue weighted by molar-refractivity contribution is -0.117. The van der Waals surface area contributed by atoms with Crippen molar-refractivity contribution in [2.45, 2.75) is 46.5 Å². The summed E-state index contributed by atoms with van der Waals surface area (Å²) in [6.45, 7) is 7.91. The van der Waals surface area contributed by atoms with E-state index in [1.165, 1.54) is 19.3 Å². The minimum Gasteiger partial charge on any atom is -0.377 e. The number of ether oxygens (including phenoxy) is 1. The number of rotatable bonds is 9. The molecule has 94 valence electrons. The standard InChI is InChI=1S/C13H25NO2/c1-4-6-7-8-10-16-11-9-12(3)13(15)14-5-2/h9H,4-8,10-11H2,1-3H3,(H,14,15). The maximum Gasteiger partial charge on any atom is 0.246 e. The summed E-state index contributed by atoms with van der Waals surface area (Å²) in [4.78, 5) is 11.3. The zero-order chi connectivity index (χ0) is 12.2. The van der Waals surface area contributed by atoms with Crippen LogP contribution < -0.4 is 5.32 Å². The maximum absolute atomic E-state index is 11.3. The van der Waals surface area contributed by atoms with Crippen molar-refractivity contribution in [2.75, 3.05) is 19.8 Å². The minimum atomic E-state index is -0.00270. The van der Waals surface area contributed by atoms with Crippen LogP contribution in [0, 0.1) is 0 Å². The third-order valence-corrected chi connectivity index (χ3v) is 2.35. The largest absolute Gasteiger partial charge is 0.377 e. The molecule has 0 heterocycles. The lowest BCUT2D eigenvalue weighted by Gasteiger charge is -2.03. The van der Waals surface area contributed by atoms with E-state index >= 15 is 0 Å². The van der Waals surface area contributed by atoms with Gasteiger partial charge in [-0.15, -0.1) is 0 Å². The van der Waals surface area contributed by atoms with Crippen LogP contribution in [0.2, 0.25) is 0 Å². The minimum absolute atomic E-state index is 0.00270. The highest BCUT2D eigenvalue weighted by Crippen LogP contribution is 1.99. The number of unbranched alkanes of at least 4 members (excludes halogenated alkanes) is 3. The Hall–Kier alpha value is -0.830. The summed E-state index contributed by atoms with van der Waals surface area (Å²) >= 11 is 0. The molecule has 1 N–H and O–H groups in total. The molecule has 16 heavy (non-hydrogen) atoms. The molecule has 3 nitrogen and oxygen atoms in total. The summed E-state index contributed by atoms with van der Waals surface area (Å²) in [5.41, 5.74) is 0.732.